The first-order chi connectivity index (χ1) is 15.4. The summed E-state index contributed by atoms with van der Waals surface area (Å²) in [6.45, 7) is 12.1. The Labute approximate surface area is 197 Å². The Balaban J connectivity index is 2.28. The quantitative estimate of drug-likeness (QED) is 0.483. The molecule has 0 bridgehead atoms. The largest absolute Gasteiger partial charge is 0.491 e. The smallest absolute Gasteiger partial charge is 0.322 e. The van der Waals surface area contributed by atoms with Gasteiger partial charge in [0.2, 0.25) is 0 Å². The van der Waals surface area contributed by atoms with Crippen molar-refractivity contribution < 1.29 is 24.5 Å². The zero-order valence-corrected chi connectivity index (χ0v) is 20.6. The van der Waals surface area contributed by atoms with Gasteiger partial charge in [-0.15, -0.1) is 0 Å². The van der Waals surface area contributed by atoms with E-state index in [1.165, 1.54) is 0 Å². The molecule has 0 heterocycles. The Morgan fingerprint density at radius 2 is 1.58 bits per heavy atom. The molecular formula is C27H37NO5. The van der Waals surface area contributed by atoms with Crippen LogP contribution in [0.1, 0.15) is 74.5 Å². The van der Waals surface area contributed by atoms with Crippen molar-refractivity contribution in [1.29, 1.82) is 0 Å². The van der Waals surface area contributed by atoms with Gasteiger partial charge in [0.1, 0.15) is 18.9 Å². The first-order valence-corrected chi connectivity index (χ1v) is 11.5. The molecule has 1 atom stereocenters. The van der Waals surface area contributed by atoms with Gasteiger partial charge < -0.3 is 20.3 Å². The molecule has 180 valence electrons. The number of aliphatic hydroxyl groups is 1. The summed E-state index contributed by atoms with van der Waals surface area (Å²) in [6.07, 6.45) is 1.18. The molecule has 6 nitrogen and oxygen atoms in total. The summed E-state index contributed by atoms with van der Waals surface area (Å²) >= 11 is 0. The maximum atomic E-state index is 12.2. The first kappa shape index (κ1) is 26.4. The van der Waals surface area contributed by atoms with Crippen LogP contribution in [-0.2, 0) is 10.2 Å². The Hall–Kier alpha value is -2.86. The van der Waals surface area contributed by atoms with E-state index < -0.39 is 24.5 Å². The number of carboxylic acid groups (broad SMARTS) is 1. The number of aliphatic hydroxyl groups excluding tert-OH is 1. The first-order valence-electron chi connectivity index (χ1n) is 11.5. The molecule has 0 aromatic heterocycles. The van der Waals surface area contributed by atoms with Crippen LogP contribution in [0.25, 0.3) is 0 Å². The van der Waals surface area contributed by atoms with E-state index in [4.69, 9.17) is 9.84 Å². The average molecular weight is 456 g/mol. The summed E-state index contributed by atoms with van der Waals surface area (Å²) in [6, 6.07) is 13.6. The third-order valence-electron chi connectivity index (χ3n) is 6.43. The highest BCUT2D eigenvalue weighted by atomic mass is 16.5. The van der Waals surface area contributed by atoms with Gasteiger partial charge in [-0.25, -0.2) is 0 Å². The fourth-order valence-electron chi connectivity index (χ4n) is 3.96. The number of aliphatic carboxylic acids is 1. The number of benzene rings is 2. The molecule has 0 aliphatic heterocycles. The highest BCUT2D eigenvalue weighted by Gasteiger charge is 2.31. The van der Waals surface area contributed by atoms with E-state index >= 15 is 0 Å². The van der Waals surface area contributed by atoms with Gasteiger partial charge in [-0.3, -0.25) is 9.59 Å². The molecule has 1 amide bonds. The summed E-state index contributed by atoms with van der Waals surface area (Å²) in [4.78, 5) is 22.9. The van der Waals surface area contributed by atoms with E-state index in [2.05, 4.69) is 31.3 Å². The van der Waals surface area contributed by atoms with Crippen LogP contribution in [0, 0.1) is 12.3 Å². The van der Waals surface area contributed by atoms with Gasteiger partial charge >= 0.3 is 5.97 Å². The van der Waals surface area contributed by atoms with Gasteiger partial charge in [-0.05, 0) is 60.1 Å². The molecule has 6 heteroatoms. The number of aryl methyl sites for hydroxylation is 1. The minimum Gasteiger partial charge on any atom is -0.491 e. The highest BCUT2D eigenvalue weighted by molar-refractivity contribution is 5.95. The van der Waals surface area contributed by atoms with Gasteiger partial charge in [0.15, 0.2) is 0 Å². The van der Waals surface area contributed by atoms with Crippen LogP contribution in [0.15, 0.2) is 42.5 Å². The van der Waals surface area contributed by atoms with Crippen molar-refractivity contribution in [2.24, 2.45) is 5.41 Å². The number of nitrogens with one attached hydrogen (secondary N) is 1. The molecule has 2 aromatic carbocycles. The fraction of sp³-hybridized carbons (Fsp3) is 0.481. The van der Waals surface area contributed by atoms with Crippen molar-refractivity contribution in [3.63, 3.8) is 0 Å². The van der Waals surface area contributed by atoms with Crippen molar-refractivity contribution >= 4 is 11.9 Å². The predicted octanol–water partition coefficient (Wildman–Crippen LogP) is 4.70. The van der Waals surface area contributed by atoms with E-state index in [1.807, 2.05) is 45.9 Å². The number of hydrogen-bond acceptors (Lipinski definition) is 4. The predicted molar refractivity (Wildman–Crippen MR) is 130 cm³/mol. The Bertz CT molecular complexity index is 955. The molecular weight excluding hydrogens is 418 g/mol. The van der Waals surface area contributed by atoms with Crippen molar-refractivity contribution in [1.82, 2.24) is 5.32 Å². The highest BCUT2D eigenvalue weighted by Crippen LogP contribution is 2.40. The summed E-state index contributed by atoms with van der Waals surface area (Å²) in [5.41, 5.74) is 3.22. The molecule has 0 saturated carbocycles. The second-order valence-corrected chi connectivity index (χ2v) is 9.62. The van der Waals surface area contributed by atoms with E-state index in [0.29, 0.717) is 5.56 Å². The zero-order chi connectivity index (χ0) is 24.8. The number of ether oxygens (including phenoxy) is 1. The molecule has 33 heavy (non-hydrogen) atoms. The molecule has 0 aliphatic rings. The second kappa shape index (κ2) is 10.8. The fourth-order valence-corrected chi connectivity index (χ4v) is 3.96. The SMILES string of the molecule is CCC(CC)(c1ccc(C(=O)NCC(=O)O)cc1)c1ccc(OCC(O)C(C)(C)C)c(C)c1. The zero-order valence-electron chi connectivity index (χ0n) is 20.6. The number of carbonyl (C=O) groups is 2. The van der Waals surface area contributed by atoms with Crippen LogP contribution in [0.3, 0.4) is 0 Å². The minimum atomic E-state index is -1.08. The molecule has 1 unspecified atom stereocenters. The van der Waals surface area contributed by atoms with E-state index in [1.54, 1.807) is 12.1 Å². The Morgan fingerprint density at radius 3 is 2.06 bits per heavy atom. The summed E-state index contributed by atoms with van der Waals surface area (Å²) in [7, 11) is 0. The third-order valence-corrected chi connectivity index (χ3v) is 6.43. The maximum Gasteiger partial charge on any atom is 0.322 e. The molecule has 0 saturated heterocycles. The van der Waals surface area contributed by atoms with Gasteiger partial charge in [-0.1, -0.05) is 58.9 Å². The van der Waals surface area contributed by atoms with Gasteiger partial charge in [-0.2, -0.15) is 0 Å². The van der Waals surface area contributed by atoms with Crippen molar-refractivity contribution in [2.75, 3.05) is 13.2 Å². The maximum absolute atomic E-state index is 12.2. The van der Waals surface area contributed by atoms with Crippen LogP contribution in [0.5, 0.6) is 5.75 Å². The van der Waals surface area contributed by atoms with Crippen LogP contribution >= 0.6 is 0 Å². The summed E-state index contributed by atoms with van der Waals surface area (Å²) < 4.78 is 5.91. The lowest BCUT2D eigenvalue weighted by molar-refractivity contribution is -0.135. The van der Waals surface area contributed by atoms with E-state index in [9.17, 15) is 14.7 Å². The minimum absolute atomic E-state index is 0.232. The van der Waals surface area contributed by atoms with Crippen molar-refractivity contribution in [2.45, 2.75) is 65.9 Å². The van der Waals surface area contributed by atoms with Crippen molar-refractivity contribution in [3.8, 4) is 5.75 Å². The number of hydrogen-bond donors (Lipinski definition) is 3. The Kier molecular flexibility index (Phi) is 8.67. The third kappa shape index (κ3) is 6.35. The monoisotopic (exact) mass is 455 g/mol. The molecule has 0 fully saturated rings. The summed E-state index contributed by atoms with van der Waals surface area (Å²) in [5, 5.41) is 21.4. The Morgan fingerprint density at radius 1 is 1.00 bits per heavy atom. The van der Waals surface area contributed by atoms with Crippen LogP contribution in [0.2, 0.25) is 0 Å². The lowest BCUT2D eigenvalue weighted by Gasteiger charge is -2.34. The molecule has 0 aliphatic carbocycles. The molecule has 0 radical (unpaired) electrons. The van der Waals surface area contributed by atoms with Crippen molar-refractivity contribution in [3.05, 3.63) is 64.7 Å². The van der Waals surface area contributed by atoms with E-state index in [0.717, 1.165) is 35.3 Å². The van der Waals surface area contributed by atoms with Gasteiger partial charge in [0.25, 0.3) is 5.91 Å². The normalized spacial score (nSPS) is 12.8. The standard InChI is InChI=1S/C27H37NO5/c1-7-27(8-2,20-11-9-19(10-12-20)25(32)28-16-24(30)31)21-13-14-22(18(3)15-21)33-17-23(29)26(4,5)6/h9-15,23,29H,7-8,16-17H2,1-6H3,(H,28,32)(H,30,31). The van der Waals surface area contributed by atoms with Gasteiger partial charge in [0.05, 0.1) is 6.10 Å². The number of carboxylic acids is 1. The van der Waals surface area contributed by atoms with Gasteiger partial charge in [0, 0.05) is 11.0 Å². The average Bonchev–Trinajstić information content (AvgIpc) is 2.77. The number of rotatable bonds is 10. The molecule has 2 aromatic rings. The summed E-state index contributed by atoms with van der Waals surface area (Å²) in [5.74, 6) is -0.724. The van der Waals surface area contributed by atoms with Crippen LogP contribution in [0.4, 0.5) is 0 Å². The molecule has 0 spiro atoms. The van der Waals surface area contributed by atoms with Crippen LogP contribution in [-0.4, -0.2) is 41.3 Å². The van der Waals surface area contributed by atoms with Crippen LogP contribution < -0.4 is 10.1 Å². The lowest BCUT2D eigenvalue weighted by Crippen LogP contribution is -2.32. The lowest BCUT2D eigenvalue weighted by atomic mass is 9.70. The molecule has 3 N–H and O–H groups in total. The van der Waals surface area contributed by atoms with E-state index in [-0.39, 0.29) is 17.4 Å². The topological polar surface area (TPSA) is 95.9 Å². The number of carbonyl (C=O) groups excluding carboxylic acids is 1. The molecule has 2 rings (SSSR count). The number of amides is 1. The second-order valence-electron chi connectivity index (χ2n) is 9.62.